The molecule has 5 nitrogen and oxygen atoms in total. The second-order valence-electron chi connectivity index (χ2n) is 6.84. The zero-order valence-electron chi connectivity index (χ0n) is 14.2. The highest BCUT2D eigenvalue weighted by Gasteiger charge is 2.40. The second kappa shape index (κ2) is 8.39. The number of hydrogen-bond donors (Lipinski definition) is 1. The lowest BCUT2D eigenvalue weighted by molar-refractivity contribution is -0.142. The van der Waals surface area contributed by atoms with Crippen molar-refractivity contribution < 1.29 is 9.59 Å². The molecule has 2 N–H and O–H groups in total. The summed E-state index contributed by atoms with van der Waals surface area (Å²) in [6.45, 7) is 2.30. The molecule has 1 heterocycles. The topological polar surface area (TPSA) is 66.6 Å². The minimum Gasteiger partial charge on any atom is -0.339 e. The van der Waals surface area contributed by atoms with Gasteiger partial charge < -0.3 is 15.5 Å². The SMILES string of the molecule is Cl.NC1(C(=O)N2CCN(C(=O)Cc3ccc(Cl)cc3)CC2)CCCC1. The molecule has 0 bridgehead atoms. The zero-order chi connectivity index (χ0) is 17.2. The van der Waals surface area contributed by atoms with Crippen molar-refractivity contribution in [1.29, 1.82) is 0 Å². The van der Waals surface area contributed by atoms with E-state index in [1.807, 2.05) is 21.9 Å². The first kappa shape index (κ1) is 20.0. The number of nitrogens with two attached hydrogens (primary N) is 1. The number of hydrogen-bond acceptors (Lipinski definition) is 3. The fraction of sp³-hybridized carbons (Fsp3) is 0.556. The van der Waals surface area contributed by atoms with Crippen LogP contribution in [0.1, 0.15) is 31.2 Å². The Hall–Kier alpha value is -1.30. The predicted octanol–water partition coefficient (Wildman–Crippen LogP) is 2.25. The van der Waals surface area contributed by atoms with Crippen molar-refractivity contribution in [3.63, 3.8) is 0 Å². The van der Waals surface area contributed by atoms with Crippen molar-refractivity contribution in [3.8, 4) is 0 Å². The van der Waals surface area contributed by atoms with Crippen molar-refractivity contribution in [3.05, 3.63) is 34.9 Å². The summed E-state index contributed by atoms with van der Waals surface area (Å²) in [5.74, 6) is 0.151. The molecule has 7 heteroatoms. The summed E-state index contributed by atoms with van der Waals surface area (Å²) in [6, 6.07) is 7.34. The third-order valence-corrected chi connectivity index (χ3v) is 5.36. The van der Waals surface area contributed by atoms with Gasteiger partial charge in [0, 0.05) is 31.2 Å². The molecule has 2 aliphatic rings. The number of benzene rings is 1. The van der Waals surface area contributed by atoms with Crippen molar-refractivity contribution in [2.24, 2.45) is 5.73 Å². The zero-order valence-corrected chi connectivity index (χ0v) is 15.8. The summed E-state index contributed by atoms with van der Waals surface area (Å²) in [6.07, 6.45) is 3.98. The lowest BCUT2D eigenvalue weighted by Gasteiger charge is -2.38. The minimum absolute atomic E-state index is 0. The van der Waals surface area contributed by atoms with Gasteiger partial charge in [-0.05, 0) is 30.5 Å². The number of amides is 2. The van der Waals surface area contributed by atoms with Crippen LogP contribution in [0.2, 0.25) is 5.02 Å². The Morgan fingerprint density at radius 1 is 1.00 bits per heavy atom. The van der Waals surface area contributed by atoms with Gasteiger partial charge in [0.1, 0.15) is 0 Å². The van der Waals surface area contributed by atoms with Gasteiger partial charge in [0.2, 0.25) is 11.8 Å². The van der Waals surface area contributed by atoms with Crippen LogP contribution in [0.25, 0.3) is 0 Å². The number of nitrogens with zero attached hydrogens (tertiary/aromatic N) is 2. The van der Waals surface area contributed by atoms with Crippen LogP contribution in [0.5, 0.6) is 0 Å². The fourth-order valence-electron chi connectivity index (χ4n) is 3.58. The lowest BCUT2D eigenvalue weighted by atomic mass is 9.97. The van der Waals surface area contributed by atoms with E-state index in [0.29, 0.717) is 37.6 Å². The lowest BCUT2D eigenvalue weighted by Crippen LogP contribution is -2.59. The molecular formula is C18H25Cl2N3O2. The Bertz CT molecular complexity index is 607. The number of carbonyl (C=O) groups excluding carboxylic acids is 2. The summed E-state index contributed by atoms with van der Waals surface area (Å²) >= 11 is 5.86. The molecule has 0 atom stereocenters. The van der Waals surface area contributed by atoms with Gasteiger partial charge >= 0.3 is 0 Å². The molecule has 25 heavy (non-hydrogen) atoms. The van der Waals surface area contributed by atoms with E-state index < -0.39 is 5.54 Å². The molecular weight excluding hydrogens is 361 g/mol. The van der Waals surface area contributed by atoms with E-state index in [0.717, 1.165) is 31.2 Å². The second-order valence-corrected chi connectivity index (χ2v) is 7.28. The van der Waals surface area contributed by atoms with Gasteiger partial charge in [0.15, 0.2) is 0 Å². The monoisotopic (exact) mass is 385 g/mol. The van der Waals surface area contributed by atoms with Gasteiger partial charge in [-0.25, -0.2) is 0 Å². The quantitative estimate of drug-likeness (QED) is 0.867. The summed E-state index contributed by atoms with van der Waals surface area (Å²) in [7, 11) is 0. The molecule has 2 fully saturated rings. The van der Waals surface area contributed by atoms with Gasteiger partial charge in [-0.15, -0.1) is 12.4 Å². The molecule has 1 aliphatic heterocycles. The minimum atomic E-state index is -0.671. The van der Waals surface area contributed by atoms with E-state index in [2.05, 4.69) is 0 Å². The van der Waals surface area contributed by atoms with Crippen LogP contribution in [0.15, 0.2) is 24.3 Å². The number of halogens is 2. The molecule has 0 aromatic heterocycles. The van der Waals surface area contributed by atoms with Crippen LogP contribution in [0.4, 0.5) is 0 Å². The van der Waals surface area contributed by atoms with Gasteiger partial charge in [-0.3, -0.25) is 9.59 Å². The third kappa shape index (κ3) is 4.66. The average molecular weight is 386 g/mol. The highest BCUT2D eigenvalue weighted by molar-refractivity contribution is 6.30. The van der Waals surface area contributed by atoms with Gasteiger partial charge in [0.25, 0.3) is 0 Å². The van der Waals surface area contributed by atoms with Crippen molar-refractivity contribution in [1.82, 2.24) is 9.80 Å². The number of carbonyl (C=O) groups is 2. The van der Waals surface area contributed by atoms with Crippen molar-refractivity contribution >= 4 is 35.8 Å². The van der Waals surface area contributed by atoms with Crippen molar-refractivity contribution in [2.75, 3.05) is 26.2 Å². The third-order valence-electron chi connectivity index (χ3n) is 5.11. The highest BCUT2D eigenvalue weighted by atomic mass is 35.5. The first-order valence-corrected chi connectivity index (χ1v) is 8.96. The van der Waals surface area contributed by atoms with Crippen LogP contribution < -0.4 is 5.73 Å². The van der Waals surface area contributed by atoms with Gasteiger partial charge in [0.05, 0.1) is 12.0 Å². The van der Waals surface area contributed by atoms with Crippen LogP contribution in [-0.2, 0) is 16.0 Å². The van der Waals surface area contributed by atoms with Crippen LogP contribution in [-0.4, -0.2) is 53.3 Å². The molecule has 1 aromatic carbocycles. The smallest absolute Gasteiger partial charge is 0.242 e. The molecule has 0 unspecified atom stereocenters. The number of rotatable bonds is 3. The molecule has 1 saturated carbocycles. The van der Waals surface area contributed by atoms with Crippen molar-refractivity contribution in [2.45, 2.75) is 37.6 Å². The Labute approximate surface area is 159 Å². The van der Waals surface area contributed by atoms with Crippen LogP contribution in [0, 0.1) is 0 Å². The molecule has 0 radical (unpaired) electrons. The summed E-state index contributed by atoms with van der Waals surface area (Å²) in [5.41, 5.74) is 6.54. The maximum Gasteiger partial charge on any atom is 0.242 e. The molecule has 2 amide bonds. The van der Waals surface area contributed by atoms with E-state index in [1.165, 1.54) is 0 Å². The van der Waals surface area contributed by atoms with Gasteiger partial charge in [-0.2, -0.15) is 0 Å². The average Bonchev–Trinajstić information content (AvgIpc) is 3.04. The Balaban J connectivity index is 0.00000225. The molecule has 138 valence electrons. The Morgan fingerprint density at radius 3 is 2.08 bits per heavy atom. The Morgan fingerprint density at radius 2 is 1.52 bits per heavy atom. The molecule has 1 saturated heterocycles. The first-order chi connectivity index (χ1) is 11.5. The standard InChI is InChI=1S/C18H24ClN3O2.ClH/c19-15-5-3-14(4-6-15)13-16(23)21-9-11-22(12-10-21)17(24)18(20)7-1-2-8-18;/h3-6H,1-2,7-13,20H2;1H. The molecule has 1 aliphatic carbocycles. The molecule has 1 aromatic rings. The Kier molecular flexibility index (Phi) is 6.72. The van der Waals surface area contributed by atoms with E-state index in [4.69, 9.17) is 17.3 Å². The summed E-state index contributed by atoms with van der Waals surface area (Å²) < 4.78 is 0. The molecule has 3 rings (SSSR count). The normalized spacial score (nSPS) is 19.4. The fourth-order valence-corrected chi connectivity index (χ4v) is 3.71. The largest absolute Gasteiger partial charge is 0.339 e. The first-order valence-electron chi connectivity index (χ1n) is 8.58. The summed E-state index contributed by atoms with van der Waals surface area (Å²) in [4.78, 5) is 28.7. The maximum atomic E-state index is 12.6. The molecule has 0 spiro atoms. The summed E-state index contributed by atoms with van der Waals surface area (Å²) in [5, 5.41) is 0.668. The van der Waals surface area contributed by atoms with E-state index in [-0.39, 0.29) is 24.2 Å². The van der Waals surface area contributed by atoms with E-state index >= 15 is 0 Å². The van der Waals surface area contributed by atoms with Crippen LogP contribution >= 0.6 is 24.0 Å². The number of piperazine rings is 1. The van der Waals surface area contributed by atoms with Crippen LogP contribution in [0.3, 0.4) is 0 Å². The predicted molar refractivity (Wildman–Crippen MR) is 101 cm³/mol. The maximum absolute atomic E-state index is 12.6. The van der Waals surface area contributed by atoms with Gasteiger partial charge in [-0.1, -0.05) is 36.6 Å². The highest BCUT2D eigenvalue weighted by Crippen LogP contribution is 2.29. The van der Waals surface area contributed by atoms with E-state index in [1.54, 1.807) is 12.1 Å². The van der Waals surface area contributed by atoms with E-state index in [9.17, 15) is 9.59 Å².